The number of morpholine rings is 1. The highest BCUT2D eigenvalue weighted by molar-refractivity contribution is 9.10. The molecule has 6 heteroatoms. The summed E-state index contributed by atoms with van der Waals surface area (Å²) in [7, 11) is 0. The second kappa shape index (κ2) is 6.71. The summed E-state index contributed by atoms with van der Waals surface area (Å²) in [6, 6.07) is 6.74. The molecule has 5 nitrogen and oxygen atoms in total. The van der Waals surface area contributed by atoms with Gasteiger partial charge in [0.1, 0.15) is 0 Å². The molecule has 0 bridgehead atoms. The predicted molar refractivity (Wildman–Crippen MR) is 94.9 cm³/mol. The van der Waals surface area contributed by atoms with E-state index in [9.17, 15) is 0 Å². The molecule has 122 valence electrons. The summed E-state index contributed by atoms with van der Waals surface area (Å²) in [6.45, 7) is 5.87. The number of piperidine rings is 1. The molecule has 23 heavy (non-hydrogen) atoms. The SMILES string of the molecule is Brc1ccc2nc(N3CCCC(N4CCOCC4)C3)ncc2c1. The Morgan fingerprint density at radius 2 is 2.04 bits per heavy atom. The number of halogens is 1. The first-order chi connectivity index (χ1) is 11.3. The Hall–Kier alpha value is -1.24. The summed E-state index contributed by atoms with van der Waals surface area (Å²) >= 11 is 3.50. The summed E-state index contributed by atoms with van der Waals surface area (Å²) in [4.78, 5) is 14.3. The van der Waals surface area contributed by atoms with E-state index in [0.29, 0.717) is 6.04 Å². The third-order valence-corrected chi connectivity index (χ3v) is 5.26. The smallest absolute Gasteiger partial charge is 0.225 e. The third kappa shape index (κ3) is 3.34. The maximum Gasteiger partial charge on any atom is 0.225 e. The highest BCUT2D eigenvalue weighted by Crippen LogP contribution is 2.23. The molecule has 2 aromatic rings. The van der Waals surface area contributed by atoms with Gasteiger partial charge in [0.25, 0.3) is 0 Å². The number of aromatic nitrogens is 2. The first kappa shape index (κ1) is 15.3. The molecular formula is C17H21BrN4O. The van der Waals surface area contributed by atoms with Crippen LogP contribution in [0.2, 0.25) is 0 Å². The summed E-state index contributed by atoms with van der Waals surface area (Å²) in [5.74, 6) is 0.859. The zero-order chi connectivity index (χ0) is 15.6. The molecule has 3 heterocycles. The molecule has 0 spiro atoms. The summed E-state index contributed by atoms with van der Waals surface area (Å²) < 4.78 is 6.54. The summed E-state index contributed by atoms with van der Waals surface area (Å²) in [6.07, 6.45) is 4.39. The van der Waals surface area contributed by atoms with Crippen molar-refractivity contribution in [1.82, 2.24) is 14.9 Å². The Bertz CT molecular complexity index is 689. The van der Waals surface area contributed by atoms with Crippen LogP contribution in [0.4, 0.5) is 5.95 Å². The van der Waals surface area contributed by atoms with Crippen LogP contribution < -0.4 is 4.90 Å². The van der Waals surface area contributed by atoms with E-state index in [4.69, 9.17) is 9.72 Å². The zero-order valence-electron chi connectivity index (χ0n) is 13.1. The van der Waals surface area contributed by atoms with Crippen LogP contribution in [0.1, 0.15) is 12.8 Å². The van der Waals surface area contributed by atoms with Gasteiger partial charge in [-0.2, -0.15) is 0 Å². The van der Waals surface area contributed by atoms with Gasteiger partial charge in [0.05, 0.1) is 18.7 Å². The minimum Gasteiger partial charge on any atom is -0.379 e. The number of hydrogen-bond donors (Lipinski definition) is 0. The van der Waals surface area contributed by atoms with E-state index in [0.717, 1.165) is 60.7 Å². The lowest BCUT2D eigenvalue weighted by Crippen LogP contribution is -2.52. The largest absolute Gasteiger partial charge is 0.379 e. The van der Waals surface area contributed by atoms with Crippen molar-refractivity contribution < 1.29 is 4.74 Å². The van der Waals surface area contributed by atoms with Gasteiger partial charge in [0, 0.05) is 48.3 Å². The Balaban J connectivity index is 1.53. The Labute approximate surface area is 144 Å². The van der Waals surface area contributed by atoms with Crippen LogP contribution in [0.3, 0.4) is 0 Å². The number of ether oxygens (including phenoxy) is 1. The molecule has 1 aromatic heterocycles. The number of rotatable bonds is 2. The summed E-state index contributed by atoms with van der Waals surface area (Å²) in [5.41, 5.74) is 1.01. The van der Waals surface area contributed by atoms with E-state index >= 15 is 0 Å². The molecule has 0 radical (unpaired) electrons. The van der Waals surface area contributed by atoms with E-state index in [2.05, 4.69) is 36.8 Å². The molecule has 0 N–H and O–H groups in total. The highest BCUT2D eigenvalue weighted by atomic mass is 79.9. The van der Waals surface area contributed by atoms with Gasteiger partial charge >= 0.3 is 0 Å². The number of fused-ring (bicyclic) bond motifs is 1. The molecule has 2 aliphatic heterocycles. The molecule has 2 fully saturated rings. The van der Waals surface area contributed by atoms with Crippen molar-refractivity contribution in [2.75, 3.05) is 44.3 Å². The molecule has 0 saturated carbocycles. The van der Waals surface area contributed by atoms with Gasteiger partial charge in [0.15, 0.2) is 0 Å². The van der Waals surface area contributed by atoms with Crippen LogP contribution in [0.5, 0.6) is 0 Å². The average Bonchev–Trinajstić information content (AvgIpc) is 2.62. The maximum atomic E-state index is 5.48. The van der Waals surface area contributed by atoms with Crippen molar-refractivity contribution in [1.29, 1.82) is 0 Å². The van der Waals surface area contributed by atoms with Crippen LogP contribution in [-0.2, 0) is 4.74 Å². The molecular weight excluding hydrogens is 356 g/mol. The van der Waals surface area contributed by atoms with Crippen LogP contribution in [0.25, 0.3) is 10.9 Å². The van der Waals surface area contributed by atoms with Crippen molar-refractivity contribution in [3.63, 3.8) is 0 Å². The highest BCUT2D eigenvalue weighted by Gasteiger charge is 2.27. The lowest BCUT2D eigenvalue weighted by Gasteiger charge is -2.40. The Morgan fingerprint density at radius 1 is 1.17 bits per heavy atom. The standard InChI is InChI=1S/C17H21BrN4O/c18-14-3-4-16-13(10-14)11-19-17(20-16)22-5-1-2-15(12-22)21-6-8-23-9-7-21/h3-4,10-11,15H,1-2,5-9,12H2. The fourth-order valence-electron chi connectivity index (χ4n) is 3.52. The van der Waals surface area contributed by atoms with E-state index in [1.807, 2.05) is 18.3 Å². The van der Waals surface area contributed by atoms with E-state index in [-0.39, 0.29) is 0 Å². The van der Waals surface area contributed by atoms with Crippen LogP contribution in [0.15, 0.2) is 28.9 Å². The molecule has 0 amide bonds. The first-order valence-corrected chi connectivity index (χ1v) is 9.08. The van der Waals surface area contributed by atoms with Gasteiger partial charge in [-0.1, -0.05) is 15.9 Å². The van der Waals surface area contributed by atoms with Gasteiger partial charge in [-0.15, -0.1) is 0 Å². The fourth-order valence-corrected chi connectivity index (χ4v) is 3.90. The van der Waals surface area contributed by atoms with Gasteiger partial charge in [-0.25, -0.2) is 9.97 Å². The number of benzene rings is 1. The third-order valence-electron chi connectivity index (χ3n) is 4.77. The molecule has 4 rings (SSSR count). The molecule has 1 unspecified atom stereocenters. The second-order valence-electron chi connectivity index (χ2n) is 6.26. The van der Waals surface area contributed by atoms with Crippen LogP contribution >= 0.6 is 15.9 Å². The maximum absolute atomic E-state index is 5.48. The molecule has 2 aliphatic rings. The first-order valence-electron chi connectivity index (χ1n) is 8.29. The topological polar surface area (TPSA) is 41.5 Å². The minimum absolute atomic E-state index is 0.594. The van der Waals surface area contributed by atoms with Gasteiger partial charge < -0.3 is 9.64 Å². The van der Waals surface area contributed by atoms with Crippen LogP contribution in [-0.4, -0.2) is 60.3 Å². The van der Waals surface area contributed by atoms with Crippen molar-refractivity contribution in [2.24, 2.45) is 0 Å². The van der Waals surface area contributed by atoms with E-state index < -0.39 is 0 Å². The predicted octanol–water partition coefficient (Wildman–Crippen LogP) is 2.69. The number of anilines is 1. The lowest BCUT2D eigenvalue weighted by atomic mass is 10.0. The average molecular weight is 377 g/mol. The Kier molecular flexibility index (Phi) is 4.46. The molecule has 0 aliphatic carbocycles. The molecule has 1 aromatic carbocycles. The summed E-state index contributed by atoms with van der Waals surface area (Å²) in [5, 5.41) is 1.07. The van der Waals surface area contributed by atoms with Gasteiger partial charge in [-0.05, 0) is 31.0 Å². The minimum atomic E-state index is 0.594. The quantitative estimate of drug-likeness (QED) is 0.805. The fraction of sp³-hybridized carbons (Fsp3) is 0.529. The van der Waals surface area contributed by atoms with E-state index in [1.165, 1.54) is 12.8 Å². The Morgan fingerprint density at radius 3 is 2.91 bits per heavy atom. The normalized spacial score (nSPS) is 23.3. The van der Waals surface area contributed by atoms with Crippen LogP contribution in [0, 0.1) is 0 Å². The van der Waals surface area contributed by atoms with Crippen molar-refractivity contribution in [2.45, 2.75) is 18.9 Å². The monoisotopic (exact) mass is 376 g/mol. The van der Waals surface area contributed by atoms with Crippen molar-refractivity contribution in [3.05, 3.63) is 28.9 Å². The van der Waals surface area contributed by atoms with Gasteiger partial charge in [-0.3, -0.25) is 4.90 Å². The van der Waals surface area contributed by atoms with E-state index in [1.54, 1.807) is 0 Å². The van der Waals surface area contributed by atoms with Crippen molar-refractivity contribution in [3.8, 4) is 0 Å². The number of nitrogens with zero attached hydrogens (tertiary/aromatic N) is 4. The molecule has 1 atom stereocenters. The number of hydrogen-bond acceptors (Lipinski definition) is 5. The van der Waals surface area contributed by atoms with Gasteiger partial charge in [0.2, 0.25) is 5.95 Å². The lowest BCUT2D eigenvalue weighted by molar-refractivity contribution is 0.0136. The second-order valence-corrected chi connectivity index (χ2v) is 7.18. The molecule has 2 saturated heterocycles. The van der Waals surface area contributed by atoms with Crippen molar-refractivity contribution >= 4 is 32.8 Å². The zero-order valence-corrected chi connectivity index (χ0v) is 14.7.